The summed E-state index contributed by atoms with van der Waals surface area (Å²) >= 11 is 1.59. The van der Waals surface area contributed by atoms with Crippen molar-refractivity contribution >= 4 is 32.6 Å². The highest BCUT2D eigenvalue weighted by Crippen LogP contribution is 2.32. The molecule has 1 aromatic heterocycles. The minimum absolute atomic E-state index is 0.0826. The molecule has 0 spiro atoms. The number of ether oxygens (including phenoxy) is 1. The number of aryl methyl sites for hydroxylation is 2. The van der Waals surface area contributed by atoms with Crippen molar-refractivity contribution in [3.05, 3.63) is 59.2 Å². The summed E-state index contributed by atoms with van der Waals surface area (Å²) in [7, 11) is 0. The van der Waals surface area contributed by atoms with E-state index in [-0.39, 0.29) is 5.91 Å². The van der Waals surface area contributed by atoms with Crippen LogP contribution in [-0.4, -0.2) is 48.6 Å². The van der Waals surface area contributed by atoms with Crippen molar-refractivity contribution in [1.82, 2.24) is 9.88 Å². The molecule has 1 aliphatic rings. The molecule has 2 heterocycles. The van der Waals surface area contributed by atoms with Crippen LogP contribution in [0, 0.1) is 13.8 Å². The summed E-state index contributed by atoms with van der Waals surface area (Å²) in [6.45, 7) is 8.08. The van der Waals surface area contributed by atoms with E-state index in [0.29, 0.717) is 26.3 Å². The molecule has 0 N–H and O–H groups in total. The Bertz CT molecular complexity index is 965. The van der Waals surface area contributed by atoms with Crippen molar-refractivity contribution in [2.75, 3.05) is 37.7 Å². The van der Waals surface area contributed by atoms with Gasteiger partial charge in [-0.05, 0) is 36.6 Å². The van der Waals surface area contributed by atoms with Crippen molar-refractivity contribution < 1.29 is 9.53 Å². The zero-order valence-electron chi connectivity index (χ0n) is 16.4. The number of morpholine rings is 1. The highest BCUT2D eigenvalue weighted by molar-refractivity contribution is 7.22. The number of hydrogen-bond donors (Lipinski definition) is 0. The Morgan fingerprint density at radius 3 is 2.64 bits per heavy atom. The van der Waals surface area contributed by atoms with E-state index in [1.807, 2.05) is 23.1 Å². The van der Waals surface area contributed by atoms with Gasteiger partial charge in [-0.15, -0.1) is 0 Å². The van der Waals surface area contributed by atoms with Crippen molar-refractivity contribution in [3.63, 3.8) is 0 Å². The summed E-state index contributed by atoms with van der Waals surface area (Å²) in [5, 5.41) is 0.769. The maximum Gasteiger partial charge on any atom is 0.243 e. The molecule has 5 nitrogen and oxygen atoms in total. The molecule has 1 aliphatic heterocycles. The van der Waals surface area contributed by atoms with E-state index in [2.05, 4.69) is 43.0 Å². The first-order valence-electron chi connectivity index (χ1n) is 9.63. The minimum atomic E-state index is 0.0826. The molecule has 3 aromatic rings. The third kappa shape index (κ3) is 4.09. The van der Waals surface area contributed by atoms with Crippen LogP contribution in [-0.2, 0) is 16.1 Å². The number of benzene rings is 2. The predicted molar refractivity (Wildman–Crippen MR) is 114 cm³/mol. The first kappa shape index (κ1) is 19.1. The molecule has 4 rings (SSSR count). The van der Waals surface area contributed by atoms with Gasteiger partial charge >= 0.3 is 0 Å². The lowest BCUT2D eigenvalue weighted by Crippen LogP contribution is -2.44. The van der Waals surface area contributed by atoms with Gasteiger partial charge in [0.1, 0.15) is 0 Å². The monoisotopic (exact) mass is 395 g/mol. The number of nitrogens with zero attached hydrogens (tertiary/aromatic N) is 3. The van der Waals surface area contributed by atoms with E-state index in [9.17, 15) is 4.79 Å². The van der Waals surface area contributed by atoms with Crippen molar-refractivity contribution in [1.29, 1.82) is 0 Å². The fourth-order valence-electron chi connectivity index (χ4n) is 3.39. The van der Waals surface area contributed by atoms with Gasteiger partial charge < -0.3 is 4.74 Å². The number of aromatic nitrogens is 1. The van der Waals surface area contributed by atoms with E-state index in [0.717, 1.165) is 34.0 Å². The topological polar surface area (TPSA) is 45.7 Å². The summed E-state index contributed by atoms with van der Waals surface area (Å²) in [5.74, 6) is 0.0826. The second-order valence-electron chi connectivity index (χ2n) is 7.20. The molecule has 1 amide bonds. The Balaban J connectivity index is 1.65. The molecular formula is C22H25N3O2S. The Morgan fingerprint density at radius 1 is 1.14 bits per heavy atom. The summed E-state index contributed by atoms with van der Waals surface area (Å²) in [4.78, 5) is 22.1. The van der Waals surface area contributed by atoms with E-state index >= 15 is 0 Å². The van der Waals surface area contributed by atoms with E-state index in [1.54, 1.807) is 11.3 Å². The van der Waals surface area contributed by atoms with Gasteiger partial charge in [-0.3, -0.25) is 14.6 Å². The third-order valence-electron chi connectivity index (χ3n) is 5.25. The smallest absolute Gasteiger partial charge is 0.243 e. The molecule has 146 valence electrons. The molecule has 6 heteroatoms. The molecule has 0 aliphatic carbocycles. The predicted octanol–water partition coefficient (Wildman–Crippen LogP) is 3.78. The van der Waals surface area contributed by atoms with Gasteiger partial charge in [0.05, 0.1) is 36.5 Å². The van der Waals surface area contributed by atoms with Gasteiger partial charge in [0.25, 0.3) is 0 Å². The highest BCUT2D eigenvalue weighted by atomic mass is 32.1. The van der Waals surface area contributed by atoms with Crippen molar-refractivity contribution in [3.8, 4) is 0 Å². The van der Waals surface area contributed by atoms with Crippen LogP contribution in [0.4, 0.5) is 5.13 Å². The number of amides is 1. The maximum atomic E-state index is 13.3. The molecule has 2 aromatic carbocycles. The van der Waals surface area contributed by atoms with Crippen LogP contribution in [0.1, 0.15) is 16.7 Å². The van der Waals surface area contributed by atoms with Gasteiger partial charge in [0, 0.05) is 13.1 Å². The van der Waals surface area contributed by atoms with Gasteiger partial charge in [-0.25, -0.2) is 4.98 Å². The molecule has 28 heavy (non-hydrogen) atoms. The molecule has 0 atom stereocenters. The first-order chi connectivity index (χ1) is 13.6. The zero-order valence-corrected chi connectivity index (χ0v) is 17.2. The molecule has 1 saturated heterocycles. The maximum absolute atomic E-state index is 13.3. The van der Waals surface area contributed by atoms with Gasteiger partial charge in [0.2, 0.25) is 5.91 Å². The van der Waals surface area contributed by atoms with E-state index < -0.39 is 0 Å². The average Bonchev–Trinajstić information content (AvgIpc) is 3.15. The number of rotatable bonds is 5. The molecule has 0 unspecified atom stereocenters. The van der Waals surface area contributed by atoms with Gasteiger partial charge in [-0.1, -0.05) is 47.7 Å². The zero-order chi connectivity index (χ0) is 19.5. The molecule has 0 radical (unpaired) electrons. The fourth-order valence-corrected chi connectivity index (χ4v) is 4.44. The first-order valence-corrected chi connectivity index (χ1v) is 10.4. The van der Waals surface area contributed by atoms with Crippen LogP contribution in [0.5, 0.6) is 0 Å². The molecular weight excluding hydrogens is 370 g/mol. The molecule has 0 bridgehead atoms. The summed E-state index contributed by atoms with van der Waals surface area (Å²) < 4.78 is 6.53. The number of carbonyl (C=O) groups is 1. The number of anilines is 1. The number of thiazole rings is 1. The van der Waals surface area contributed by atoms with Gasteiger partial charge in [0.15, 0.2) is 5.13 Å². The SMILES string of the molecule is Cc1ccc2sc(N(Cc3ccccc3)C(=O)CN3CCOCC3)nc2c1C. The second-order valence-corrected chi connectivity index (χ2v) is 8.21. The normalized spacial score (nSPS) is 15.1. The molecule has 0 saturated carbocycles. The average molecular weight is 396 g/mol. The third-order valence-corrected chi connectivity index (χ3v) is 6.30. The quantitative estimate of drug-likeness (QED) is 0.660. The van der Waals surface area contributed by atoms with Crippen molar-refractivity contribution in [2.24, 2.45) is 0 Å². The number of carbonyl (C=O) groups excluding carboxylic acids is 1. The van der Waals surface area contributed by atoms with Crippen LogP contribution < -0.4 is 4.90 Å². The number of hydrogen-bond acceptors (Lipinski definition) is 5. The van der Waals surface area contributed by atoms with E-state index in [1.165, 1.54) is 11.1 Å². The summed E-state index contributed by atoms with van der Waals surface area (Å²) in [6, 6.07) is 14.3. The Morgan fingerprint density at radius 2 is 1.89 bits per heavy atom. The standard InChI is InChI=1S/C22H25N3O2S/c1-16-8-9-19-21(17(16)2)23-22(28-19)25(14-18-6-4-3-5-7-18)20(26)15-24-10-12-27-13-11-24/h3-9H,10-15H2,1-2H3. The Hall–Kier alpha value is -2.28. The van der Waals surface area contributed by atoms with Crippen molar-refractivity contribution in [2.45, 2.75) is 20.4 Å². The summed E-state index contributed by atoms with van der Waals surface area (Å²) in [6.07, 6.45) is 0. The van der Waals surface area contributed by atoms with Crippen LogP contribution in [0.3, 0.4) is 0 Å². The van der Waals surface area contributed by atoms with Crippen LogP contribution in [0.15, 0.2) is 42.5 Å². The fraction of sp³-hybridized carbons (Fsp3) is 0.364. The Kier molecular flexibility index (Phi) is 5.71. The lowest BCUT2D eigenvalue weighted by Gasteiger charge is -2.28. The van der Waals surface area contributed by atoms with E-state index in [4.69, 9.17) is 9.72 Å². The van der Waals surface area contributed by atoms with Crippen LogP contribution in [0.25, 0.3) is 10.2 Å². The van der Waals surface area contributed by atoms with Crippen LogP contribution >= 0.6 is 11.3 Å². The highest BCUT2D eigenvalue weighted by Gasteiger charge is 2.24. The lowest BCUT2D eigenvalue weighted by atomic mass is 10.1. The molecule has 1 fully saturated rings. The van der Waals surface area contributed by atoms with Crippen LogP contribution in [0.2, 0.25) is 0 Å². The largest absolute Gasteiger partial charge is 0.379 e. The Labute approximate surface area is 169 Å². The lowest BCUT2D eigenvalue weighted by molar-refractivity contribution is -0.120. The summed E-state index contributed by atoms with van der Waals surface area (Å²) in [5.41, 5.74) is 4.50. The second kappa shape index (κ2) is 8.39. The van der Waals surface area contributed by atoms with Gasteiger partial charge in [-0.2, -0.15) is 0 Å². The number of fused-ring (bicyclic) bond motifs is 1. The minimum Gasteiger partial charge on any atom is -0.379 e.